The first kappa shape index (κ1) is 13.7. The van der Waals surface area contributed by atoms with E-state index in [-0.39, 0.29) is 22.1 Å². The summed E-state index contributed by atoms with van der Waals surface area (Å²) in [6, 6.07) is 1.41. The summed E-state index contributed by atoms with van der Waals surface area (Å²) in [4.78, 5) is 32.9. The number of H-pyrrole nitrogens is 1. The van der Waals surface area contributed by atoms with Crippen LogP contribution >= 0.6 is 11.8 Å². The van der Waals surface area contributed by atoms with Gasteiger partial charge in [-0.15, -0.1) is 11.8 Å². The molecule has 0 aliphatic carbocycles. The second kappa shape index (κ2) is 5.24. The second-order valence-electron chi connectivity index (χ2n) is 5.74. The molecule has 2 fully saturated rings. The number of thioether (sulfide) groups is 1. The van der Waals surface area contributed by atoms with Crippen molar-refractivity contribution in [3.8, 4) is 0 Å². The number of carbonyl (C=O) groups is 1. The average Bonchev–Trinajstić information content (AvgIpc) is 3.07. The molecule has 2 aliphatic heterocycles. The Labute approximate surface area is 122 Å². The summed E-state index contributed by atoms with van der Waals surface area (Å²) in [6.45, 7) is 3.49. The molecule has 1 N–H and O–H groups in total. The van der Waals surface area contributed by atoms with Crippen molar-refractivity contribution < 1.29 is 4.79 Å². The molecule has 2 aliphatic rings. The largest absolute Gasteiger partial charge is 0.341 e. The van der Waals surface area contributed by atoms with E-state index in [1.165, 1.54) is 12.3 Å². The van der Waals surface area contributed by atoms with Gasteiger partial charge < -0.3 is 9.88 Å². The van der Waals surface area contributed by atoms with Crippen LogP contribution in [0.1, 0.15) is 37.9 Å². The molecule has 3 rings (SSSR count). The van der Waals surface area contributed by atoms with Crippen LogP contribution in [0.4, 0.5) is 0 Å². The molecule has 1 aromatic heterocycles. The molecule has 0 spiro atoms. The monoisotopic (exact) mass is 293 g/mol. The van der Waals surface area contributed by atoms with Crippen molar-refractivity contribution in [2.24, 2.45) is 0 Å². The number of hydrogen-bond acceptors (Lipinski definition) is 4. The van der Waals surface area contributed by atoms with E-state index in [2.05, 4.69) is 16.9 Å². The fraction of sp³-hybridized carbons (Fsp3) is 0.643. The lowest BCUT2D eigenvalue weighted by molar-refractivity contribution is -0.132. The fourth-order valence-corrected chi connectivity index (χ4v) is 4.32. The molecule has 3 heterocycles. The van der Waals surface area contributed by atoms with Crippen molar-refractivity contribution in [1.82, 2.24) is 14.9 Å². The van der Waals surface area contributed by atoms with Crippen LogP contribution in [0, 0.1) is 0 Å². The summed E-state index contributed by atoms with van der Waals surface area (Å²) in [5.74, 6) is 2.19. The maximum absolute atomic E-state index is 12.6. The van der Waals surface area contributed by atoms with Gasteiger partial charge in [-0.3, -0.25) is 9.59 Å². The Bertz CT molecular complexity index is 566. The van der Waals surface area contributed by atoms with Crippen LogP contribution in [-0.2, 0) is 4.79 Å². The zero-order valence-electron chi connectivity index (χ0n) is 11.6. The van der Waals surface area contributed by atoms with Gasteiger partial charge in [0.15, 0.2) is 0 Å². The van der Waals surface area contributed by atoms with E-state index in [1.54, 1.807) is 11.8 Å². The Kier molecular flexibility index (Phi) is 3.58. The summed E-state index contributed by atoms with van der Waals surface area (Å²) < 4.78 is -0.244. The first-order valence-corrected chi connectivity index (χ1v) is 8.06. The lowest BCUT2D eigenvalue weighted by atomic mass is 10.0. The molecule has 2 atom stereocenters. The van der Waals surface area contributed by atoms with Crippen molar-refractivity contribution in [3.05, 3.63) is 28.4 Å². The van der Waals surface area contributed by atoms with Crippen molar-refractivity contribution in [3.63, 3.8) is 0 Å². The highest BCUT2D eigenvalue weighted by Gasteiger charge is 2.42. The zero-order chi connectivity index (χ0) is 14.2. The standard InChI is InChI=1S/C14H19N3O2S/c1-14(5-2-8-20-14)13(19)17-7-4-10(9-17)12-15-6-3-11(18)16-12/h3,6,10H,2,4-5,7-9H2,1H3,(H,15,16,18). The molecule has 0 saturated carbocycles. The number of amides is 1. The highest BCUT2D eigenvalue weighted by atomic mass is 32.2. The average molecular weight is 293 g/mol. The molecule has 1 amide bonds. The highest BCUT2D eigenvalue weighted by Crippen LogP contribution is 2.40. The van der Waals surface area contributed by atoms with Gasteiger partial charge in [0.2, 0.25) is 5.91 Å². The first-order valence-electron chi connectivity index (χ1n) is 7.07. The van der Waals surface area contributed by atoms with Crippen LogP contribution in [0.15, 0.2) is 17.1 Å². The van der Waals surface area contributed by atoms with Crippen LogP contribution in [-0.4, -0.2) is 44.4 Å². The van der Waals surface area contributed by atoms with E-state index in [0.717, 1.165) is 31.6 Å². The maximum Gasteiger partial charge on any atom is 0.250 e. The van der Waals surface area contributed by atoms with Gasteiger partial charge in [-0.25, -0.2) is 4.98 Å². The van der Waals surface area contributed by atoms with Gasteiger partial charge in [0, 0.05) is 31.3 Å². The van der Waals surface area contributed by atoms with Crippen LogP contribution in [0.2, 0.25) is 0 Å². The Morgan fingerprint density at radius 3 is 3.15 bits per heavy atom. The van der Waals surface area contributed by atoms with Gasteiger partial charge >= 0.3 is 0 Å². The van der Waals surface area contributed by atoms with E-state index in [1.807, 2.05) is 4.90 Å². The minimum Gasteiger partial charge on any atom is -0.341 e. The van der Waals surface area contributed by atoms with E-state index in [4.69, 9.17) is 0 Å². The summed E-state index contributed by atoms with van der Waals surface area (Å²) in [5, 5.41) is 0. The summed E-state index contributed by atoms with van der Waals surface area (Å²) in [5.41, 5.74) is -0.127. The van der Waals surface area contributed by atoms with Crippen molar-refractivity contribution in [2.45, 2.75) is 36.9 Å². The second-order valence-corrected chi connectivity index (χ2v) is 7.34. The summed E-state index contributed by atoms with van der Waals surface area (Å²) >= 11 is 1.77. The number of likely N-dealkylation sites (tertiary alicyclic amines) is 1. The molecule has 5 nitrogen and oxygen atoms in total. The first-order chi connectivity index (χ1) is 9.58. The van der Waals surface area contributed by atoms with Gasteiger partial charge in [0.25, 0.3) is 5.56 Å². The van der Waals surface area contributed by atoms with E-state index >= 15 is 0 Å². The van der Waals surface area contributed by atoms with Crippen molar-refractivity contribution in [1.29, 1.82) is 0 Å². The number of hydrogen-bond donors (Lipinski definition) is 1. The molecule has 6 heteroatoms. The van der Waals surface area contributed by atoms with E-state index in [9.17, 15) is 9.59 Å². The van der Waals surface area contributed by atoms with E-state index < -0.39 is 0 Å². The van der Waals surface area contributed by atoms with Gasteiger partial charge in [0.1, 0.15) is 5.82 Å². The Hall–Kier alpha value is -1.30. The minimum absolute atomic E-state index is 0.127. The SMILES string of the molecule is CC1(C(=O)N2CCC(c3nccc(=O)[nH]3)C2)CCCS1. The number of rotatable bonds is 2. The van der Waals surface area contributed by atoms with Crippen LogP contribution < -0.4 is 5.56 Å². The Morgan fingerprint density at radius 2 is 2.45 bits per heavy atom. The number of carbonyl (C=O) groups excluding carboxylic acids is 1. The van der Waals surface area contributed by atoms with Crippen LogP contribution in [0.5, 0.6) is 0 Å². The summed E-state index contributed by atoms with van der Waals surface area (Å²) in [7, 11) is 0. The number of nitrogens with one attached hydrogen (secondary N) is 1. The number of aromatic nitrogens is 2. The molecule has 20 heavy (non-hydrogen) atoms. The molecule has 108 valence electrons. The lowest BCUT2D eigenvalue weighted by Crippen LogP contribution is -2.42. The Balaban J connectivity index is 1.70. The van der Waals surface area contributed by atoms with Crippen molar-refractivity contribution in [2.75, 3.05) is 18.8 Å². The van der Waals surface area contributed by atoms with Crippen molar-refractivity contribution >= 4 is 17.7 Å². The van der Waals surface area contributed by atoms with Crippen LogP contribution in [0.3, 0.4) is 0 Å². The topological polar surface area (TPSA) is 66.1 Å². The van der Waals surface area contributed by atoms with Gasteiger partial charge in [-0.1, -0.05) is 0 Å². The normalized spacial score (nSPS) is 29.9. The molecule has 1 aromatic rings. The van der Waals surface area contributed by atoms with Crippen LogP contribution in [0.25, 0.3) is 0 Å². The zero-order valence-corrected chi connectivity index (χ0v) is 12.4. The third-order valence-corrected chi connectivity index (χ3v) is 5.73. The predicted molar refractivity (Wildman–Crippen MR) is 78.9 cm³/mol. The smallest absolute Gasteiger partial charge is 0.250 e. The molecule has 2 unspecified atom stereocenters. The Morgan fingerprint density at radius 1 is 1.60 bits per heavy atom. The molecular formula is C14H19N3O2S. The lowest BCUT2D eigenvalue weighted by Gasteiger charge is -2.28. The summed E-state index contributed by atoms with van der Waals surface area (Å²) in [6.07, 6.45) is 4.50. The predicted octanol–water partition coefficient (Wildman–Crippen LogP) is 1.37. The van der Waals surface area contributed by atoms with Gasteiger partial charge in [0.05, 0.1) is 4.75 Å². The molecular weight excluding hydrogens is 274 g/mol. The molecule has 0 bridgehead atoms. The third kappa shape index (κ3) is 2.49. The molecule has 2 saturated heterocycles. The number of aromatic amines is 1. The third-order valence-electron chi connectivity index (χ3n) is 4.22. The molecule has 0 radical (unpaired) electrons. The number of nitrogens with zero attached hydrogens (tertiary/aromatic N) is 2. The maximum atomic E-state index is 12.6. The van der Waals surface area contributed by atoms with E-state index in [0.29, 0.717) is 12.4 Å². The van der Waals surface area contributed by atoms with Gasteiger partial charge in [-0.05, 0) is 31.9 Å². The quantitative estimate of drug-likeness (QED) is 0.894. The molecule has 0 aromatic carbocycles. The minimum atomic E-state index is -0.244. The highest BCUT2D eigenvalue weighted by molar-refractivity contribution is 8.01. The fourth-order valence-electron chi connectivity index (χ4n) is 3.04. The van der Waals surface area contributed by atoms with Gasteiger partial charge in [-0.2, -0.15) is 0 Å².